The van der Waals surface area contributed by atoms with Crippen molar-refractivity contribution >= 4 is 5.95 Å². The first-order valence-electron chi connectivity index (χ1n) is 7.59. The quantitative estimate of drug-likeness (QED) is 0.815. The predicted octanol–water partition coefficient (Wildman–Crippen LogP) is 3.79. The Bertz CT molecular complexity index is 463. The van der Waals surface area contributed by atoms with Crippen molar-refractivity contribution in [3.8, 4) is 0 Å². The molecule has 4 atom stereocenters. The molecule has 2 bridgehead atoms. The molecule has 0 spiro atoms. The van der Waals surface area contributed by atoms with Gasteiger partial charge in [0.05, 0.1) is 5.69 Å². The molecule has 1 N–H and O–H groups in total. The van der Waals surface area contributed by atoms with Crippen LogP contribution in [-0.2, 0) is 0 Å². The number of anilines is 1. The van der Waals surface area contributed by atoms with Crippen molar-refractivity contribution in [1.29, 1.82) is 0 Å². The van der Waals surface area contributed by atoms with Crippen LogP contribution in [0.1, 0.15) is 44.3 Å². The number of hydrogen-bond acceptors (Lipinski definition) is 2. The monoisotopic (exact) mass is 259 g/mol. The van der Waals surface area contributed by atoms with Gasteiger partial charge in [-0.1, -0.05) is 12.5 Å². The molecule has 3 nitrogen and oxygen atoms in total. The van der Waals surface area contributed by atoms with E-state index in [9.17, 15) is 0 Å². The molecular weight excluding hydrogens is 234 g/mol. The molecule has 0 aromatic carbocycles. The van der Waals surface area contributed by atoms with Crippen molar-refractivity contribution in [3.63, 3.8) is 0 Å². The number of aryl methyl sites for hydroxylation is 1. The fraction of sp³-hybridized carbons (Fsp3) is 0.688. The van der Waals surface area contributed by atoms with Crippen molar-refractivity contribution in [2.45, 2.75) is 45.6 Å². The number of imidazole rings is 1. The largest absolute Gasteiger partial charge is 0.352 e. The average molecular weight is 259 g/mol. The van der Waals surface area contributed by atoms with Crippen LogP contribution in [0.15, 0.2) is 18.9 Å². The first kappa shape index (κ1) is 12.8. The van der Waals surface area contributed by atoms with Gasteiger partial charge >= 0.3 is 0 Å². The highest BCUT2D eigenvalue weighted by Crippen LogP contribution is 2.52. The fourth-order valence-electron chi connectivity index (χ4n) is 4.21. The summed E-state index contributed by atoms with van der Waals surface area (Å²) in [6, 6.07) is 0.559. The van der Waals surface area contributed by atoms with Gasteiger partial charge in [-0.15, -0.1) is 6.58 Å². The molecule has 0 aliphatic heterocycles. The first-order chi connectivity index (χ1) is 9.19. The highest BCUT2D eigenvalue weighted by atomic mass is 15.2. The standard InChI is InChI=1S/C16H25N3/c1-4-7-17-16-18-11(2)10-19(16)12(3)15-9-13-5-6-14(15)8-13/h4,10,12-15H,1,5-9H2,2-3H3,(H,17,18). The molecule has 1 aromatic rings. The number of nitrogens with one attached hydrogen (secondary N) is 1. The average Bonchev–Trinajstić information content (AvgIpc) is 3.10. The summed E-state index contributed by atoms with van der Waals surface area (Å²) in [6.45, 7) is 8.98. The Labute approximate surface area is 116 Å². The molecule has 0 amide bonds. The Morgan fingerprint density at radius 2 is 2.37 bits per heavy atom. The van der Waals surface area contributed by atoms with E-state index in [0.717, 1.165) is 35.9 Å². The van der Waals surface area contributed by atoms with Crippen LogP contribution in [-0.4, -0.2) is 16.1 Å². The maximum absolute atomic E-state index is 4.61. The lowest BCUT2D eigenvalue weighted by molar-refractivity contribution is 0.244. The molecule has 4 unspecified atom stereocenters. The van der Waals surface area contributed by atoms with Crippen LogP contribution in [0.5, 0.6) is 0 Å². The maximum atomic E-state index is 4.61. The highest BCUT2D eigenvalue weighted by Gasteiger charge is 2.42. The predicted molar refractivity (Wildman–Crippen MR) is 79.3 cm³/mol. The SMILES string of the molecule is C=CCNc1nc(C)cn1C(C)C1CC2CCC1C2. The number of fused-ring (bicyclic) bond motifs is 2. The van der Waals surface area contributed by atoms with Gasteiger partial charge in [-0.05, 0) is 50.9 Å². The van der Waals surface area contributed by atoms with Gasteiger partial charge < -0.3 is 9.88 Å². The summed E-state index contributed by atoms with van der Waals surface area (Å²) in [5, 5.41) is 3.37. The summed E-state index contributed by atoms with van der Waals surface area (Å²) in [6.07, 6.45) is 9.89. The summed E-state index contributed by atoms with van der Waals surface area (Å²) in [5.74, 6) is 3.81. The molecule has 3 rings (SSSR count). The Balaban J connectivity index is 1.78. The second-order valence-corrected chi connectivity index (χ2v) is 6.36. The third-order valence-corrected chi connectivity index (χ3v) is 5.11. The zero-order chi connectivity index (χ0) is 13.4. The van der Waals surface area contributed by atoms with Crippen LogP contribution in [0.3, 0.4) is 0 Å². The lowest BCUT2D eigenvalue weighted by Crippen LogP contribution is -2.23. The number of aromatic nitrogens is 2. The maximum Gasteiger partial charge on any atom is 0.203 e. The second-order valence-electron chi connectivity index (χ2n) is 6.36. The smallest absolute Gasteiger partial charge is 0.203 e. The van der Waals surface area contributed by atoms with E-state index in [4.69, 9.17) is 0 Å². The Morgan fingerprint density at radius 3 is 3.00 bits per heavy atom. The molecule has 19 heavy (non-hydrogen) atoms. The highest BCUT2D eigenvalue weighted by molar-refractivity contribution is 5.30. The molecule has 0 radical (unpaired) electrons. The Morgan fingerprint density at radius 1 is 1.53 bits per heavy atom. The van der Waals surface area contributed by atoms with E-state index in [0.29, 0.717) is 6.04 Å². The number of rotatable bonds is 5. The molecule has 2 fully saturated rings. The van der Waals surface area contributed by atoms with E-state index in [1.54, 1.807) is 0 Å². The van der Waals surface area contributed by atoms with Crippen LogP contribution in [0.2, 0.25) is 0 Å². The van der Waals surface area contributed by atoms with Gasteiger partial charge in [-0.2, -0.15) is 0 Å². The zero-order valence-corrected chi connectivity index (χ0v) is 12.1. The van der Waals surface area contributed by atoms with Crippen molar-refractivity contribution < 1.29 is 0 Å². The van der Waals surface area contributed by atoms with Gasteiger partial charge in [0.25, 0.3) is 0 Å². The third-order valence-electron chi connectivity index (χ3n) is 5.11. The molecule has 1 heterocycles. The number of nitrogens with zero attached hydrogens (tertiary/aromatic N) is 2. The molecule has 0 saturated heterocycles. The van der Waals surface area contributed by atoms with Gasteiger partial charge in [-0.25, -0.2) is 4.98 Å². The van der Waals surface area contributed by atoms with E-state index in [1.165, 1.54) is 25.7 Å². The topological polar surface area (TPSA) is 29.9 Å². The van der Waals surface area contributed by atoms with E-state index < -0.39 is 0 Å². The molecule has 1 aromatic heterocycles. The Hall–Kier alpha value is -1.25. The molecule has 2 aliphatic carbocycles. The molecule has 104 valence electrons. The van der Waals surface area contributed by atoms with Crippen molar-refractivity contribution in [1.82, 2.24) is 9.55 Å². The lowest BCUT2D eigenvalue weighted by atomic mass is 9.84. The van der Waals surface area contributed by atoms with Crippen LogP contribution < -0.4 is 5.32 Å². The van der Waals surface area contributed by atoms with Crippen LogP contribution in [0, 0.1) is 24.7 Å². The van der Waals surface area contributed by atoms with E-state index in [2.05, 4.69) is 41.5 Å². The van der Waals surface area contributed by atoms with Crippen molar-refractivity contribution in [3.05, 3.63) is 24.5 Å². The van der Waals surface area contributed by atoms with Crippen molar-refractivity contribution in [2.75, 3.05) is 11.9 Å². The zero-order valence-electron chi connectivity index (χ0n) is 12.1. The van der Waals surface area contributed by atoms with Crippen LogP contribution in [0.4, 0.5) is 5.95 Å². The van der Waals surface area contributed by atoms with Gasteiger partial charge in [-0.3, -0.25) is 0 Å². The molecule has 2 aliphatic rings. The van der Waals surface area contributed by atoms with Gasteiger partial charge in [0.2, 0.25) is 5.95 Å². The first-order valence-corrected chi connectivity index (χ1v) is 7.59. The summed E-state index contributed by atoms with van der Waals surface area (Å²) < 4.78 is 2.35. The van der Waals surface area contributed by atoms with Crippen molar-refractivity contribution in [2.24, 2.45) is 17.8 Å². The summed E-state index contributed by atoms with van der Waals surface area (Å²) in [5.41, 5.74) is 1.10. The van der Waals surface area contributed by atoms with Gasteiger partial charge in [0, 0.05) is 18.8 Å². The fourth-order valence-corrected chi connectivity index (χ4v) is 4.21. The molecule has 3 heteroatoms. The Kier molecular flexibility index (Phi) is 3.38. The minimum absolute atomic E-state index is 0.559. The van der Waals surface area contributed by atoms with Gasteiger partial charge in [0.15, 0.2) is 0 Å². The summed E-state index contributed by atoms with van der Waals surface area (Å²) in [4.78, 5) is 4.61. The summed E-state index contributed by atoms with van der Waals surface area (Å²) in [7, 11) is 0. The summed E-state index contributed by atoms with van der Waals surface area (Å²) >= 11 is 0. The minimum atomic E-state index is 0.559. The lowest BCUT2D eigenvalue weighted by Gasteiger charge is -2.29. The molecule has 2 saturated carbocycles. The third kappa shape index (κ3) is 2.31. The number of hydrogen-bond donors (Lipinski definition) is 1. The van der Waals surface area contributed by atoms with E-state index in [1.807, 2.05) is 6.08 Å². The van der Waals surface area contributed by atoms with Gasteiger partial charge in [0.1, 0.15) is 0 Å². The van der Waals surface area contributed by atoms with Crippen LogP contribution in [0.25, 0.3) is 0 Å². The minimum Gasteiger partial charge on any atom is -0.352 e. The van der Waals surface area contributed by atoms with Crippen LogP contribution >= 0.6 is 0 Å². The second kappa shape index (κ2) is 5.03. The normalized spacial score (nSPS) is 30.5. The van der Waals surface area contributed by atoms with E-state index >= 15 is 0 Å². The molecular formula is C16H25N3. The van der Waals surface area contributed by atoms with E-state index in [-0.39, 0.29) is 0 Å².